The molecule has 0 unspecified atom stereocenters. The first-order valence-electron chi connectivity index (χ1n) is 7.59. The normalized spacial score (nSPS) is 10.5. The fraction of sp³-hybridized carbons (Fsp3) is 0.105. The van der Waals surface area contributed by atoms with Crippen molar-refractivity contribution in [2.24, 2.45) is 0 Å². The first-order chi connectivity index (χ1) is 11.3. The number of halogens is 1. The Morgan fingerprint density at radius 3 is 2.71 bits per heavy atom. The summed E-state index contributed by atoms with van der Waals surface area (Å²) in [7, 11) is 0. The molecule has 4 aromatic rings. The van der Waals surface area contributed by atoms with Crippen molar-refractivity contribution < 1.29 is 0 Å². The number of imidazole rings is 1. The molecule has 5 heteroatoms. The molecular formula is C19H17ClN4. The molecule has 4 rings (SSSR count). The number of aryl methyl sites for hydroxylation is 1. The third-order valence-corrected chi connectivity index (χ3v) is 4.06. The van der Waals surface area contributed by atoms with E-state index >= 15 is 0 Å². The molecule has 0 aliphatic rings. The molecule has 0 atom stereocenters. The van der Waals surface area contributed by atoms with Gasteiger partial charge in [0.1, 0.15) is 5.82 Å². The molecule has 2 aromatic carbocycles. The maximum atomic E-state index is 4.26. The molecular weight excluding hydrogens is 320 g/mol. The maximum Gasteiger partial charge on any atom is 0.105 e. The Morgan fingerprint density at radius 1 is 1.04 bits per heavy atom. The van der Waals surface area contributed by atoms with Crippen LogP contribution in [0.25, 0.3) is 21.9 Å². The van der Waals surface area contributed by atoms with Crippen LogP contribution in [0.3, 0.4) is 0 Å². The molecule has 0 saturated heterocycles. The number of nitrogens with zero attached hydrogens (tertiary/aromatic N) is 4. The van der Waals surface area contributed by atoms with Crippen molar-refractivity contribution in [3.63, 3.8) is 0 Å². The molecule has 0 bridgehead atoms. The fourth-order valence-electron chi connectivity index (χ4n) is 2.86. The van der Waals surface area contributed by atoms with Gasteiger partial charge in [-0.3, -0.25) is 0 Å². The lowest BCUT2D eigenvalue weighted by molar-refractivity contribution is 0.727. The third-order valence-electron chi connectivity index (χ3n) is 4.06. The van der Waals surface area contributed by atoms with Crippen molar-refractivity contribution in [3.8, 4) is 11.1 Å². The van der Waals surface area contributed by atoms with Gasteiger partial charge in [0.05, 0.1) is 18.4 Å². The Hall–Kier alpha value is -2.72. The van der Waals surface area contributed by atoms with Crippen LogP contribution in [0.2, 0.25) is 0 Å². The topological polar surface area (TPSA) is 43.6 Å². The minimum absolute atomic E-state index is 0. The van der Waals surface area contributed by atoms with Crippen LogP contribution in [0.4, 0.5) is 0 Å². The molecule has 0 saturated carbocycles. The average Bonchev–Trinajstić information content (AvgIpc) is 2.99. The zero-order valence-corrected chi connectivity index (χ0v) is 14.1. The third kappa shape index (κ3) is 3.01. The lowest BCUT2D eigenvalue weighted by Crippen LogP contribution is -2.04. The molecule has 2 aromatic heterocycles. The summed E-state index contributed by atoms with van der Waals surface area (Å²) < 4.78 is 2.07. The van der Waals surface area contributed by atoms with Gasteiger partial charge in [-0.1, -0.05) is 42.5 Å². The van der Waals surface area contributed by atoms with Crippen molar-refractivity contribution in [2.75, 3.05) is 0 Å². The Balaban J connectivity index is 0.00000169. The SMILES string of the molecule is Cc1nccn1Cc1cc(-c2cccc3ccccc23)cnn1.Cl. The smallest absolute Gasteiger partial charge is 0.105 e. The van der Waals surface area contributed by atoms with Crippen LogP contribution in [-0.2, 0) is 6.54 Å². The van der Waals surface area contributed by atoms with Crippen LogP contribution < -0.4 is 0 Å². The first-order valence-corrected chi connectivity index (χ1v) is 7.59. The molecule has 24 heavy (non-hydrogen) atoms. The number of benzene rings is 2. The summed E-state index contributed by atoms with van der Waals surface area (Å²) in [6, 6.07) is 16.8. The van der Waals surface area contributed by atoms with Gasteiger partial charge in [-0.25, -0.2) is 4.98 Å². The van der Waals surface area contributed by atoms with Crippen molar-refractivity contribution in [1.82, 2.24) is 19.7 Å². The van der Waals surface area contributed by atoms with E-state index in [0.29, 0.717) is 6.54 Å². The highest BCUT2D eigenvalue weighted by Crippen LogP contribution is 2.28. The molecule has 0 aliphatic heterocycles. The molecule has 0 spiro atoms. The predicted octanol–water partition coefficient (Wildman–Crippen LogP) is 4.27. The average molecular weight is 337 g/mol. The summed E-state index contributed by atoms with van der Waals surface area (Å²) in [5.41, 5.74) is 3.20. The van der Waals surface area contributed by atoms with Gasteiger partial charge >= 0.3 is 0 Å². The highest BCUT2D eigenvalue weighted by atomic mass is 35.5. The zero-order valence-electron chi connectivity index (χ0n) is 13.3. The van der Waals surface area contributed by atoms with Gasteiger partial charge in [-0.2, -0.15) is 10.2 Å². The Labute approximate surface area is 146 Å². The van der Waals surface area contributed by atoms with Crippen molar-refractivity contribution in [1.29, 1.82) is 0 Å². The van der Waals surface area contributed by atoms with Crippen molar-refractivity contribution in [2.45, 2.75) is 13.5 Å². The van der Waals surface area contributed by atoms with Gasteiger partial charge in [0.2, 0.25) is 0 Å². The minimum atomic E-state index is 0. The molecule has 0 N–H and O–H groups in total. The number of rotatable bonds is 3. The monoisotopic (exact) mass is 336 g/mol. The number of hydrogen-bond donors (Lipinski definition) is 0. The van der Waals surface area contributed by atoms with Gasteiger partial charge in [0, 0.05) is 18.0 Å². The number of hydrogen-bond acceptors (Lipinski definition) is 3. The summed E-state index contributed by atoms with van der Waals surface area (Å²) in [6.07, 6.45) is 5.59. The molecule has 120 valence electrons. The molecule has 2 heterocycles. The van der Waals surface area contributed by atoms with E-state index in [2.05, 4.69) is 68.3 Å². The maximum absolute atomic E-state index is 4.26. The number of fused-ring (bicyclic) bond motifs is 1. The summed E-state index contributed by atoms with van der Waals surface area (Å²) in [4.78, 5) is 4.25. The molecule has 4 nitrogen and oxygen atoms in total. The summed E-state index contributed by atoms with van der Waals surface area (Å²) in [5.74, 6) is 0.974. The van der Waals surface area contributed by atoms with Crippen LogP contribution in [0.15, 0.2) is 67.1 Å². The van der Waals surface area contributed by atoms with Gasteiger partial charge in [0.15, 0.2) is 0 Å². The highest BCUT2D eigenvalue weighted by Gasteiger charge is 2.07. The van der Waals surface area contributed by atoms with E-state index in [0.717, 1.165) is 17.1 Å². The van der Waals surface area contributed by atoms with E-state index in [-0.39, 0.29) is 12.4 Å². The lowest BCUT2D eigenvalue weighted by atomic mass is 9.99. The second kappa shape index (κ2) is 6.81. The van der Waals surface area contributed by atoms with Crippen molar-refractivity contribution in [3.05, 3.63) is 78.6 Å². The molecule has 0 fully saturated rings. The summed E-state index contributed by atoms with van der Waals surface area (Å²) in [6.45, 7) is 2.67. The first kappa shape index (κ1) is 16.1. The largest absolute Gasteiger partial charge is 0.329 e. The standard InChI is InChI=1S/C19H16N4.ClH/c1-14-20-9-10-23(14)13-17-11-16(12-21-22-17)19-8-4-6-15-5-2-3-7-18(15)19;/h2-12H,13H2,1H3;1H. The Morgan fingerprint density at radius 2 is 1.88 bits per heavy atom. The second-order valence-electron chi connectivity index (χ2n) is 5.56. The summed E-state index contributed by atoms with van der Waals surface area (Å²) in [5, 5.41) is 10.9. The van der Waals surface area contributed by atoms with Gasteiger partial charge < -0.3 is 4.57 Å². The lowest BCUT2D eigenvalue weighted by Gasteiger charge is -2.08. The minimum Gasteiger partial charge on any atom is -0.329 e. The summed E-state index contributed by atoms with van der Waals surface area (Å²) >= 11 is 0. The number of aromatic nitrogens is 4. The van der Waals surface area contributed by atoms with Crippen molar-refractivity contribution >= 4 is 23.2 Å². The van der Waals surface area contributed by atoms with E-state index in [9.17, 15) is 0 Å². The molecule has 0 radical (unpaired) electrons. The Bertz CT molecular complexity index is 972. The van der Waals surface area contributed by atoms with Crippen LogP contribution in [0, 0.1) is 6.92 Å². The van der Waals surface area contributed by atoms with E-state index in [1.54, 1.807) is 6.20 Å². The van der Waals surface area contributed by atoms with Crippen LogP contribution >= 0.6 is 12.4 Å². The highest BCUT2D eigenvalue weighted by molar-refractivity contribution is 5.96. The van der Waals surface area contributed by atoms with E-state index < -0.39 is 0 Å². The van der Waals surface area contributed by atoms with Crippen LogP contribution in [0.5, 0.6) is 0 Å². The molecule has 0 aliphatic carbocycles. The van der Waals surface area contributed by atoms with Crippen LogP contribution in [-0.4, -0.2) is 19.7 Å². The zero-order chi connectivity index (χ0) is 15.6. The fourth-order valence-corrected chi connectivity index (χ4v) is 2.86. The predicted molar refractivity (Wildman–Crippen MR) is 98.3 cm³/mol. The van der Waals surface area contributed by atoms with E-state index in [1.807, 2.05) is 19.3 Å². The van der Waals surface area contributed by atoms with E-state index in [1.165, 1.54) is 16.3 Å². The Kier molecular flexibility index (Phi) is 4.58. The van der Waals surface area contributed by atoms with E-state index in [4.69, 9.17) is 0 Å². The van der Waals surface area contributed by atoms with Crippen LogP contribution in [0.1, 0.15) is 11.5 Å². The van der Waals surface area contributed by atoms with Gasteiger partial charge in [-0.05, 0) is 29.3 Å². The second-order valence-corrected chi connectivity index (χ2v) is 5.56. The van der Waals surface area contributed by atoms with Gasteiger partial charge in [-0.15, -0.1) is 12.4 Å². The molecule has 0 amide bonds. The quantitative estimate of drug-likeness (QED) is 0.561. The van der Waals surface area contributed by atoms with Gasteiger partial charge in [0.25, 0.3) is 0 Å².